The second-order valence-corrected chi connectivity index (χ2v) is 8.13. The van der Waals surface area contributed by atoms with Crippen LogP contribution in [0.15, 0.2) is 59.7 Å². The molecule has 1 N–H and O–H groups in total. The highest BCUT2D eigenvalue weighted by Crippen LogP contribution is 2.25. The summed E-state index contributed by atoms with van der Waals surface area (Å²) >= 11 is 0. The molecule has 1 heterocycles. The summed E-state index contributed by atoms with van der Waals surface area (Å²) < 4.78 is 2.21. The Bertz CT molecular complexity index is 1040. The van der Waals surface area contributed by atoms with Gasteiger partial charge in [-0.05, 0) is 55.2 Å². The molecule has 2 aromatic carbocycles. The Labute approximate surface area is 171 Å². The van der Waals surface area contributed by atoms with Crippen LogP contribution in [0.2, 0.25) is 0 Å². The molecule has 29 heavy (non-hydrogen) atoms. The summed E-state index contributed by atoms with van der Waals surface area (Å²) in [5.41, 5.74) is 9.45. The average Bonchev–Trinajstić information content (AvgIpc) is 2.95. The van der Waals surface area contributed by atoms with E-state index in [1.165, 1.54) is 17.7 Å². The van der Waals surface area contributed by atoms with Gasteiger partial charge in [-0.15, -0.1) is 0 Å². The van der Waals surface area contributed by atoms with Gasteiger partial charge in [-0.2, -0.15) is 5.10 Å². The second-order valence-electron chi connectivity index (χ2n) is 8.13. The van der Waals surface area contributed by atoms with Gasteiger partial charge in [0.15, 0.2) is 0 Å². The fraction of sp³-hybridized carbons (Fsp3) is 0.261. The van der Waals surface area contributed by atoms with Crippen LogP contribution in [0.3, 0.4) is 0 Å². The quantitative estimate of drug-likeness (QED) is 0.343. The Morgan fingerprint density at radius 1 is 1.03 bits per heavy atom. The zero-order valence-electron chi connectivity index (χ0n) is 17.4. The smallest absolute Gasteiger partial charge is 0.269 e. The minimum absolute atomic E-state index is 0.0561. The molecule has 0 aliphatic rings. The van der Waals surface area contributed by atoms with Gasteiger partial charge in [-0.3, -0.25) is 15.5 Å². The number of hydrogen-bond acceptors (Lipinski definition) is 4. The Balaban J connectivity index is 1.78. The number of nitro groups is 1. The Morgan fingerprint density at radius 3 is 2.21 bits per heavy atom. The maximum absolute atomic E-state index is 10.7. The number of benzene rings is 2. The maximum atomic E-state index is 10.7. The van der Waals surface area contributed by atoms with Crippen molar-refractivity contribution in [1.82, 2.24) is 4.57 Å². The summed E-state index contributed by atoms with van der Waals surface area (Å²) in [4.78, 5) is 10.3. The Hall–Kier alpha value is -3.41. The first-order valence-electron chi connectivity index (χ1n) is 9.50. The van der Waals surface area contributed by atoms with Gasteiger partial charge in [-0.1, -0.05) is 32.9 Å². The molecule has 0 saturated carbocycles. The Morgan fingerprint density at radius 2 is 1.66 bits per heavy atom. The average molecular weight is 390 g/mol. The molecule has 0 amide bonds. The fourth-order valence-corrected chi connectivity index (χ4v) is 3.26. The number of rotatable bonds is 5. The molecule has 0 unspecified atom stereocenters. The lowest BCUT2D eigenvalue weighted by atomic mass is 9.87. The molecule has 0 aliphatic carbocycles. The van der Waals surface area contributed by atoms with E-state index in [4.69, 9.17) is 0 Å². The highest BCUT2D eigenvalue weighted by Gasteiger charge is 2.14. The molecule has 3 rings (SSSR count). The molecule has 3 aromatic rings. The zero-order chi connectivity index (χ0) is 21.2. The lowest BCUT2D eigenvalue weighted by Gasteiger charge is -2.20. The van der Waals surface area contributed by atoms with Gasteiger partial charge >= 0.3 is 0 Å². The van der Waals surface area contributed by atoms with Crippen LogP contribution in [0, 0.1) is 24.0 Å². The van der Waals surface area contributed by atoms with E-state index < -0.39 is 4.92 Å². The van der Waals surface area contributed by atoms with Crippen LogP contribution in [0.1, 0.15) is 43.3 Å². The number of hydrogen-bond donors (Lipinski definition) is 1. The van der Waals surface area contributed by atoms with Crippen LogP contribution in [-0.2, 0) is 5.41 Å². The van der Waals surface area contributed by atoms with E-state index in [9.17, 15) is 10.1 Å². The molecule has 0 bridgehead atoms. The molecule has 0 spiro atoms. The van der Waals surface area contributed by atoms with Crippen LogP contribution >= 0.6 is 0 Å². The summed E-state index contributed by atoms with van der Waals surface area (Å²) in [6.45, 7) is 10.8. The van der Waals surface area contributed by atoms with Crippen LogP contribution in [0.5, 0.6) is 0 Å². The summed E-state index contributed by atoms with van der Waals surface area (Å²) in [5.74, 6) is 0. The molecular weight excluding hydrogens is 364 g/mol. The van der Waals surface area contributed by atoms with Gasteiger partial charge in [0.1, 0.15) is 0 Å². The summed E-state index contributed by atoms with van der Waals surface area (Å²) in [6, 6.07) is 16.9. The third kappa shape index (κ3) is 4.54. The fourth-order valence-electron chi connectivity index (χ4n) is 3.26. The molecule has 0 saturated heterocycles. The largest absolute Gasteiger partial charge is 0.318 e. The standard InChI is InChI=1S/C23H26N4O2/c1-16-14-18(15-24-25-20-8-12-22(13-9-20)27(28)29)17(2)26(16)21-10-6-19(7-11-21)23(3,4)5/h6-15,25H,1-5H3/b24-15-. The van der Waals surface area contributed by atoms with Crippen LogP contribution in [0.25, 0.3) is 5.69 Å². The predicted octanol–water partition coefficient (Wildman–Crippen LogP) is 5.75. The van der Waals surface area contributed by atoms with E-state index in [0.29, 0.717) is 5.69 Å². The minimum Gasteiger partial charge on any atom is -0.318 e. The third-order valence-corrected chi connectivity index (χ3v) is 4.94. The lowest BCUT2D eigenvalue weighted by molar-refractivity contribution is -0.384. The van der Waals surface area contributed by atoms with Gasteiger partial charge in [0, 0.05) is 34.8 Å². The van der Waals surface area contributed by atoms with Gasteiger partial charge in [0.2, 0.25) is 0 Å². The topological polar surface area (TPSA) is 72.5 Å². The van der Waals surface area contributed by atoms with Gasteiger partial charge in [0.25, 0.3) is 5.69 Å². The Kier molecular flexibility index (Phi) is 5.55. The first-order chi connectivity index (χ1) is 13.7. The number of nitro benzene ring substituents is 1. The van der Waals surface area contributed by atoms with Gasteiger partial charge in [0.05, 0.1) is 16.8 Å². The lowest BCUT2D eigenvalue weighted by Crippen LogP contribution is -2.11. The second kappa shape index (κ2) is 7.91. The third-order valence-electron chi connectivity index (χ3n) is 4.94. The number of nitrogens with zero attached hydrogens (tertiary/aromatic N) is 3. The first kappa shape index (κ1) is 20.3. The normalized spacial score (nSPS) is 11.8. The van der Waals surface area contributed by atoms with Crippen LogP contribution in [-0.4, -0.2) is 15.7 Å². The zero-order valence-corrected chi connectivity index (χ0v) is 17.4. The van der Waals surface area contributed by atoms with Crippen molar-refractivity contribution in [3.8, 4) is 5.69 Å². The van der Waals surface area contributed by atoms with Crippen LogP contribution < -0.4 is 5.43 Å². The van der Waals surface area contributed by atoms with E-state index in [2.05, 4.69) is 80.0 Å². The number of non-ortho nitro benzene ring substituents is 1. The molecule has 0 fully saturated rings. The number of hydrazone groups is 1. The van der Waals surface area contributed by atoms with E-state index in [0.717, 1.165) is 22.6 Å². The van der Waals surface area contributed by atoms with Crippen molar-refractivity contribution in [2.45, 2.75) is 40.0 Å². The minimum atomic E-state index is -0.421. The van der Waals surface area contributed by atoms with E-state index in [-0.39, 0.29) is 11.1 Å². The molecule has 6 nitrogen and oxygen atoms in total. The number of aryl methyl sites for hydroxylation is 1. The summed E-state index contributed by atoms with van der Waals surface area (Å²) in [7, 11) is 0. The molecule has 0 radical (unpaired) electrons. The van der Waals surface area contributed by atoms with Gasteiger partial charge in [-0.25, -0.2) is 0 Å². The highest BCUT2D eigenvalue weighted by atomic mass is 16.6. The van der Waals surface area contributed by atoms with Crippen molar-refractivity contribution < 1.29 is 4.92 Å². The van der Waals surface area contributed by atoms with Crippen molar-refractivity contribution in [3.63, 3.8) is 0 Å². The highest BCUT2D eigenvalue weighted by molar-refractivity contribution is 5.82. The van der Waals surface area contributed by atoms with E-state index >= 15 is 0 Å². The van der Waals surface area contributed by atoms with Crippen molar-refractivity contribution in [3.05, 3.63) is 87.2 Å². The van der Waals surface area contributed by atoms with E-state index in [1.54, 1.807) is 18.3 Å². The predicted molar refractivity (Wildman–Crippen MR) is 118 cm³/mol. The summed E-state index contributed by atoms with van der Waals surface area (Å²) in [5, 5.41) is 15.0. The molecular formula is C23H26N4O2. The van der Waals surface area contributed by atoms with E-state index in [1.807, 2.05) is 0 Å². The molecule has 0 aliphatic heterocycles. The van der Waals surface area contributed by atoms with Gasteiger partial charge < -0.3 is 4.57 Å². The molecule has 0 atom stereocenters. The number of aromatic nitrogens is 1. The summed E-state index contributed by atoms with van der Waals surface area (Å²) in [6.07, 6.45) is 1.77. The maximum Gasteiger partial charge on any atom is 0.269 e. The van der Waals surface area contributed by atoms with Crippen molar-refractivity contribution in [2.24, 2.45) is 5.10 Å². The SMILES string of the molecule is Cc1cc(/C=N\Nc2ccc([N+](=O)[O-])cc2)c(C)n1-c1ccc(C(C)(C)C)cc1. The van der Waals surface area contributed by atoms with Crippen molar-refractivity contribution in [1.29, 1.82) is 0 Å². The number of nitrogens with one attached hydrogen (secondary N) is 1. The molecule has 1 aromatic heterocycles. The van der Waals surface area contributed by atoms with Crippen molar-refractivity contribution >= 4 is 17.6 Å². The number of anilines is 1. The first-order valence-corrected chi connectivity index (χ1v) is 9.50. The van der Waals surface area contributed by atoms with Crippen molar-refractivity contribution in [2.75, 3.05) is 5.43 Å². The molecule has 6 heteroatoms. The monoisotopic (exact) mass is 390 g/mol. The molecule has 150 valence electrons. The van der Waals surface area contributed by atoms with Crippen LogP contribution in [0.4, 0.5) is 11.4 Å².